The van der Waals surface area contributed by atoms with Crippen molar-refractivity contribution in [1.29, 1.82) is 0 Å². The van der Waals surface area contributed by atoms with Crippen molar-refractivity contribution in [3.8, 4) is 0 Å². The standard InChI is InChI=1S/C53H85NO19/c1-30-19-16-14-12-10-8-6-7-9-11-13-15-17-22-39(71-52-49(64)46(54)48(63)34(5)70-52)26-42-45(51(65)66)41(60)29-53(67,73-42)28-36(56)21-18-20-35(55)23-37(57)24-38(58)25-43(61)68-32(3)31(2)50(30)72-44-27-40(59)47(62)33(4)69-44/h6-7,9,11-17,19,22,30-42,44-50,52,55-60,62-64,67H,8,10,18,20-21,23-29,54H2,1-5H3,(H,65,66)/b7-6+,11-9+,14-12+,15-13+,19-16+,22-17+/t30?,31?,32?,33-,34+,35?,36?,37?,38?,39?,40?,41?,42?,44?,45?,46-,47-,48?,49-,50?,52?,53?/m0/s1. The molecule has 13 N–H and O–H groups in total. The Morgan fingerprint density at radius 1 is 0.658 bits per heavy atom. The Balaban J connectivity index is 1.53. The third-order valence-electron chi connectivity index (χ3n) is 14.0. The van der Waals surface area contributed by atoms with E-state index in [0.29, 0.717) is 0 Å². The van der Waals surface area contributed by atoms with Crippen LogP contribution in [0.5, 0.6) is 0 Å². The summed E-state index contributed by atoms with van der Waals surface area (Å²) in [6.45, 7) is 8.69. The van der Waals surface area contributed by atoms with Crippen LogP contribution in [0.2, 0.25) is 0 Å². The second kappa shape index (κ2) is 30.5. The number of nitrogens with two attached hydrogens (primary N) is 1. The van der Waals surface area contributed by atoms with Crippen molar-refractivity contribution in [3.63, 3.8) is 0 Å². The number of allylic oxidation sites excluding steroid dienone is 10. The van der Waals surface area contributed by atoms with E-state index in [2.05, 4.69) is 0 Å². The minimum atomic E-state index is -2.19. The second-order valence-corrected chi connectivity index (χ2v) is 20.4. The summed E-state index contributed by atoms with van der Waals surface area (Å²) in [6.07, 6.45) is 2.90. The molecule has 73 heavy (non-hydrogen) atoms. The molecule has 3 saturated heterocycles. The number of carbonyl (C=O) groups excluding carboxylic acids is 1. The molecule has 17 unspecified atom stereocenters. The summed E-state index contributed by atoms with van der Waals surface area (Å²) in [5, 5.41) is 118. The average Bonchev–Trinajstić information content (AvgIpc) is 3.29. The van der Waals surface area contributed by atoms with E-state index >= 15 is 0 Å². The van der Waals surface area contributed by atoms with Gasteiger partial charge in [0.25, 0.3) is 0 Å². The molecule has 0 aromatic heterocycles. The first-order valence-corrected chi connectivity index (χ1v) is 25.8. The first-order chi connectivity index (χ1) is 34.5. The van der Waals surface area contributed by atoms with Gasteiger partial charge < -0.3 is 90.3 Å². The van der Waals surface area contributed by atoms with Gasteiger partial charge in [0.1, 0.15) is 24.2 Å². The minimum Gasteiger partial charge on any atom is -0.481 e. The highest BCUT2D eigenvalue weighted by atomic mass is 16.7. The van der Waals surface area contributed by atoms with E-state index in [1.807, 2.05) is 56.4 Å². The monoisotopic (exact) mass is 1040 g/mol. The Morgan fingerprint density at radius 2 is 1.26 bits per heavy atom. The number of hydrogen-bond donors (Lipinski definition) is 12. The number of aliphatic carboxylic acids is 1. The van der Waals surface area contributed by atoms with Gasteiger partial charge in [0.15, 0.2) is 18.4 Å². The van der Waals surface area contributed by atoms with Crippen molar-refractivity contribution < 1.29 is 94.2 Å². The van der Waals surface area contributed by atoms with Gasteiger partial charge in [-0.1, -0.05) is 86.8 Å². The highest BCUT2D eigenvalue weighted by Gasteiger charge is 2.51. The Kier molecular flexibility index (Phi) is 26.0. The fourth-order valence-corrected chi connectivity index (χ4v) is 9.67. The summed E-state index contributed by atoms with van der Waals surface area (Å²) in [6, 6.07) is -1.13. The van der Waals surface area contributed by atoms with E-state index in [1.54, 1.807) is 51.2 Å². The van der Waals surface area contributed by atoms with E-state index in [4.69, 9.17) is 34.2 Å². The molecule has 0 amide bonds. The Bertz CT molecular complexity index is 1830. The lowest BCUT2D eigenvalue weighted by molar-refractivity contribution is -0.308. The molecule has 416 valence electrons. The molecule has 0 spiro atoms. The molecule has 20 nitrogen and oxygen atoms in total. The number of cyclic esters (lactones) is 1. The fraction of sp³-hybridized carbons (Fsp3) is 0.736. The topological polar surface area (TPSA) is 338 Å². The van der Waals surface area contributed by atoms with Crippen LogP contribution in [0.3, 0.4) is 0 Å². The van der Waals surface area contributed by atoms with Crippen LogP contribution in [0, 0.1) is 17.8 Å². The molecule has 4 aliphatic heterocycles. The van der Waals surface area contributed by atoms with Crippen molar-refractivity contribution in [2.24, 2.45) is 23.5 Å². The van der Waals surface area contributed by atoms with Crippen LogP contribution in [-0.4, -0.2) is 184 Å². The summed E-state index contributed by atoms with van der Waals surface area (Å²) < 4.78 is 35.9. The van der Waals surface area contributed by atoms with Crippen LogP contribution >= 0.6 is 0 Å². The van der Waals surface area contributed by atoms with Crippen molar-refractivity contribution in [2.45, 2.75) is 228 Å². The number of rotatable bonds is 5. The molecule has 2 bridgehead atoms. The van der Waals surface area contributed by atoms with Gasteiger partial charge >= 0.3 is 11.9 Å². The van der Waals surface area contributed by atoms with Crippen LogP contribution in [0.4, 0.5) is 0 Å². The number of esters is 1. The van der Waals surface area contributed by atoms with Crippen molar-refractivity contribution in [2.75, 3.05) is 0 Å². The summed E-state index contributed by atoms with van der Waals surface area (Å²) >= 11 is 0. The Hall–Kier alpha value is -3.26. The number of fused-ring (bicyclic) bond motifs is 2. The molecular formula is C53H85NO19. The van der Waals surface area contributed by atoms with Crippen molar-refractivity contribution in [3.05, 3.63) is 72.9 Å². The molecule has 4 aliphatic rings. The molecule has 0 aromatic carbocycles. The van der Waals surface area contributed by atoms with Gasteiger partial charge in [0, 0.05) is 37.5 Å². The Morgan fingerprint density at radius 3 is 1.93 bits per heavy atom. The average molecular weight is 1040 g/mol. The van der Waals surface area contributed by atoms with Crippen molar-refractivity contribution in [1.82, 2.24) is 0 Å². The maximum Gasteiger partial charge on any atom is 0.311 e. The predicted molar refractivity (Wildman–Crippen MR) is 266 cm³/mol. The number of aliphatic hydroxyl groups excluding tert-OH is 9. The zero-order valence-electron chi connectivity index (χ0n) is 42.8. The van der Waals surface area contributed by atoms with Gasteiger partial charge in [0.2, 0.25) is 0 Å². The van der Waals surface area contributed by atoms with Gasteiger partial charge in [-0.3, -0.25) is 9.59 Å². The molecule has 20 heteroatoms. The Labute approximate surface area is 429 Å². The third kappa shape index (κ3) is 20.3. The molecule has 0 aromatic rings. The molecular weight excluding hydrogens is 955 g/mol. The lowest BCUT2D eigenvalue weighted by Gasteiger charge is -2.45. The quantitative estimate of drug-likeness (QED) is 0.175. The smallest absolute Gasteiger partial charge is 0.311 e. The van der Waals surface area contributed by atoms with Crippen LogP contribution in [0.25, 0.3) is 0 Å². The SMILES string of the molecule is CC1/C=C/C=C/CC/C=C/C=C/C=C/C=C/C(OC2O[C@H](C)C(O)[C@H](N)[C@@H]2O)CC2OC(O)(CC(O)CCCC(O)CC(O)CC(O)CC(=O)OC(C)C(C)C1OC1CC(O)[C@@H](O)[C@H](C)O1)CC(O)C2C(=O)O. The highest BCUT2D eigenvalue weighted by molar-refractivity contribution is 5.71. The first-order valence-electron chi connectivity index (χ1n) is 25.8. The normalized spacial score (nSPS) is 45.9. The van der Waals surface area contributed by atoms with Crippen LogP contribution in [0.15, 0.2) is 72.9 Å². The molecule has 3 fully saturated rings. The van der Waals surface area contributed by atoms with E-state index in [-0.39, 0.29) is 50.9 Å². The van der Waals surface area contributed by atoms with E-state index in [1.165, 1.54) is 0 Å². The highest BCUT2D eigenvalue weighted by Crippen LogP contribution is 2.38. The lowest BCUT2D eigenvalue weighted by Crippen LogP contribution is -2.61. The molecule has 22 atom stereocenters. The van der Waals surface area contributed by atoms with Crippen LogP contribution < -0.4 is 5.73 Å². The first kappa shape index (κ1) is 62.3. The number of aliphatic hydroxyl groups is 10. The minimum absolute atomic E-state index is 0.0341. The zero-order chi connectivity index (χ0) is 54.0. The predicted octanol–water partition coefficient (Wildman–Crippen LogP) is 1.85. The van der Waals surface area contributed by atoms with Gasteiger partial charge in [0.05, 0.1) is 85.7 Å². The van der Waals surface area contributed by atoms with Gasteiger partial charge in [-0.2, -0.15) is 0 Å². The fourth-order valence-electron chi connectivity index (χ4n) is 9.67. The summed E-state index contributed by atoms with van der Waals surface area (Å²) in [5.41, 5.74) is 6.05. The number of carbonyl (C=O) groups is 2. The third-order valence-corrected chi connectivity index (χ3v) is 14.0. The van der Waals surface area contributed by atoms with Gasteiger partial charge in [-0.15, -0.1) is 0 Å². The van der Waals surface area contributed by atoms with E-state index in [9.17, 15) is 65.8 Å². The number of carboxylic acid groups (broad SMARTS) is 1. The van der Waals surface area contributed by atoms with Crippen LogP contribution in [0.1, 0.15) is 112 Å². The maximum absolute atomic E-state index is 13.1. The zero-order valence-corrected chi connectivity index (χ0v) is 42.8. The summed E-state index contributed by atoms with van der Waals surface area (Å²) in [7, 11) is 0. The number of ether oxygens (including phenoxy) is 6. The molecule has 4 heterocycles. The van der Waals surface area contributed by atoms with E-state index < -0.39 is 159 Å². The van der Waals surface area contributed by atoms with E-state index in [0.717, 1.165) is 12.8 Å². The molecule has 0 aliphatic carbocycles. The molecule has 4 rings (SSSR count). The molecule has 0 saturated carbocycles. The van der Waals surface area contributed by atoms with Crippen molar-refractivity contribution >= 4 is 11.9 Å². The lowest BCUT2D eigenvalue weighted by atomic mass is 9.83. The summed E-state index contributed by atoms with van der Waals surface area (Å²) in [4.78, 5) is 25.6. The van der Waals surface area contributed by atoms with Crippen LogP contribution in [-0.2, 0) is 38.0 Å². The van der Waals surface area contributed by atoms with Gasteiger partial charge in [-0.25, -0.2) is 0 Å². The number of hydrogen-bond acceptors (Lipinski definition) is 19. The second-order valence-electron chi connectivity index (χ2n) is 20.4. The number of carboxylic acids is 1. The molecule has 0 radical (unpaired) electrons. The van der Waals surface area contributed by atoms with Gasteiger partial charge in [-0.05, 0) is 65.7 Å². The largest absolute Gasteiger partial charge is 0.481 e. The summed E-state index contributed by atoms with van der Waals surface area (Å²) in [5.74, 6) is -6.50. The maximum atomic E-state index is 13.1.